The van der Waals surface area contributed by atoms with Crippen LogP contribution in [0.15, 0.2) is 29.2 Å². The number of aliphatic imine (C=N–C) groups is 1. The zero-order valence-electron chi connectivity index (χ0n) is 11.3. The second kappa shape index (κ2) is 4.38. The summed E-state index contributed by atoms with van der Waals surface area (Å²) in [6.07, 6.45) is 6.78. The summed E-state index contributed by atoms with van der Waals surface area (Å²) >= 11 is 0. The zero-order chi connectivity index (χ0) is 14.3. The first-order chi connectivity index (χ1) is 9.57. The first-order valence-electron chi connectivity index (χ1n) is 6.28. The van der Waals surface area contributed by atoms with Crippen molar-refractivity contribution in [3.05, 3.63) is 41.0 Å². The van der Waals surface area contributed by atoms with E-state index in [9.17, 15) is 9.90 Å². The summed E-state index contributed by atoms with van der Waals surface area (Å²) < 4.78 is 5.32. The molecule has 0 saturated carbocycles. The van der Waals surface area contributed by atoms with Crippen molar-refractivity contribution >= 4 is 23.6 Å². The number of carbonyl (C=O) groups excluding carboxylic acids is 1. The second-order valence-corrected chi connectivity index (χ2v) is 4.85. The van der Waals surface area contributed by atoms with Crippen molar-refractivity contribution in [1.82, 2.24) is 4.98 Å². The standard InChI is InChI=1S/C15H14N2O3/c1-9(18)7-12-15(19)13(20-2)8-10-3-5-16-11(14(10)15)4-6-17-12/h3-6,8,19H,7H2,1-2H3/t15-/m0/s1. The highest BCUT2D eigenvalue weighted by Gasteiger charge is 2.48. The lowest BCUT2D eigenvalue weighted by molar-refractivity contribution is -0.116. The first kappa shape index (κ1) is 12.7. The van der Waals surface area contributed by atoms with Crippen molar-refractivity contribution in [2.75, 3.05) is 7.11 Å². The van der Waals surface area contributed by atoms with Gasteiger partial charge in [-0.3, -0.25) is 14.8 Å². The molecule has 102 valence electrons. The number of pyridine rings is 1. The van der Waals surface area contributed by atoms with Crippen LogP contribution in [-0.4, -0.2) is 28.7 Å². The Hall–Kier alpha value is -2.27. The molecular weight excluding hydrogens is 256 g/mol. The number of hydrogen-bond donors (Lipinski definition) is 1. The van der Waals surface area contributed by atoms with Crippen LogP contribution in [0.4, 0.5) is 0 Å². The van der Waals surface area contributed by atoms with Gasteiger partial charge in [-0.25, -0.2) is 0 Å². The lowest BCUT2D eigenvalue weighted by Crippen LogP contribution is -2.38. The molecule has 0 saturated heterocycles. The summed E-state index contributed by atoms with van der Waals surface area (Å²) in [7, 11) is 1.49. The summed E-state index contributed by atoms with van der Waals surface area (Å²) in [5.41, 5.74) is 0.946. The van der Waals surface area contributed by atoms with Gasteiger partial charge >= 0.3 is 0 Å². The van der Waals surface area contributed by atoms with Crippen molar-refractivity contribution in [2.45, 2.75) is 18.9 Å². The lowest BCUT2D eigenvalue weighted by atomic mass is 9.86. The van der Waals surface area contributed by atoms with Crippen LogP contribution in [0.5, 0.6) is 0 Å². The molecule has 2 heterocycles. The molecule has 0 fully saturated rings. The summed E-state index contributed by atoms with van der Waals surface area (Å²) in [5.74, 6) is 0.298. The lowest BCUT2D eigenvalue weighted by Gasteiger charge is -2.28. The molecule has 1 N–H and O–H groups in total. The topological polar surface area (TPSA) is 71.8 Å². The van der Waals surface area contributed by atoms with Gasteiger partial charge in [0.25, 0.3) is 0 Å². The molecule has 1 atom stereocenters. The van der Waals surface area contributed by atoms with E-state index in [1.807, 2.05) is 0 Å². The van der Waals surface area contributed by atoms with E-state index in [0.29, 0.717) is 22.7 Å². The number of carbonyl (C=O) groups is 1. The Bertz CT molecular complexity index is 688. The van der Waals surface area contributed by atoms with Crippen LogP contribution < -0.4 is 0 Å². The fourth-order valence-corrected chi connectivity index (χ4v) is 2.70. The number of aromatic nitrogens is 1. The molecule has 0 spiro atoms. The third-order valence-corrected chi connectivity index (χ3v) is 3.53. The second-order valence-electron chi connectivity index (χ2n) is 4.85. The minimum atomic E-state index is -1.51. The van der Waals surface area contributed by atoms with Crippen LogP contribution in [-0.2, 0) is 15.1 Å². The van der Waals surface area contributed by atoms with Crippen LogP contribution in [0.2, 0.25) is 0 Å². The minimum Gasteiger partial charge on any atom is -0.497 e. The van der Waals surface area contributed by atoms with Gasteiger partial charge in [-0.2, -0.15) is 0 Å². The van der Waals surface area contributed by atoms with Gasteiger partial charge < -0.3 is 9.84 Å². The number of hydrogen-bond acceptors (Lipinski definition) is 5. The molecule has 0 aromatic carbocycles. The van der Waals surface area contributed by atoms with Crippen LogP contribution in [0, 0.1) is 0 Å². The van der Waals surface area contributed by atoms with Gasteiger partial charge in [-0.15, -0.1) is 0 Å². The molecule has 1 aliphatic heterocycles. The quantitative estimate of drug-likeness (QED) is 0.907. The van der Waals surface area contributed by atoms with E-state index in [-0.39, 0.29) is 12.2 Å². The molecule has 1 aromatic rings. The Morgan fingerprint density at radius 3 is 3.00 bits per heavy atom. The highest BCUT2D eigenvalue weighted by Crippen LogP contribution is 2.44. The highest BCUT2D eigenvalue weighted by molar-refractivity contribution is 6.10. The number of Topliss-reactive ketones (excluding diaryl/α,β-unsaturated/α-hetero) is 1. The third kappa shape index (κ3) is 1.63. The molecule has 0 bridgehead atoms. The minimum absolute atomic E-state index is 0.0648. The van der Waals surface area contributed by atoms with E-state index in [0.717, 1.165) is 5.56 Å². The van der Waals surface area contributed by atoms with Crippen LogP contribution >= 0.6 is 0 Å². The fourth-order valence-electron chi connectivity index (χ4n) is 2.70. The molecule has 1 aromatic heterocycles. The maximum atomic E-state index is 11.5. The van der Waals surface area contributed by atoms with Crippen molar-refractivity contribution in [1.29, 1.82) is 0 Å². The predicted octanol–water partition coefficient (Wildman–Crippen LogP) is 1.67. The normalized spacial score (nSPS) is 22.8. The molecule has 5 heteroatoms. The van der Waals surface area contributed by atoms with Crippen LogP contribution in [0.1, 0.15) is 30.2 Å². The summed E-state index contributed by atoms with van der Waals surface area (Å²) in [6.45, 7) is 1.47. The Kier molecular flexibility index (Phi) is 2.79. The van der Waals surface area contributed by atoms with E-state index < -0.39 is 5.60 Å². The van der Waals surface area contributed by atoms with Gasteiger partial charge in [0.05, 0.1) is 18.5 Å². The molecule has 0 radical (unpaired) electrons. The molecule has 5 nitrogen and oxygen atoms in total. The van der Waals surface area contributed by atoms with Crippen molar-refractivity contribution in [2.24, 2.45) is 4.99 Å². The number of aliphatic hydroxyl groups is 1. The molecule has 0 unspecified atom stereocenters. The molecule has 2 aliphatic rings. The Balaban J connectivity index is 2.26. The predicted molar refractivity (Wildman–Crippen MR) is 74.9 cm³/mol. The Labute approximate surface area is 116 Å². The number of methoxy groups -OCH3 is 1. The van der Waals surface area contributed by atoms with E-state index in [1.165, 1.54) is 14.0 Å². The largest absolute Gasteiger partial charge is 0.497 e. The average molecular weight is 270 g/mol. The maximum absolute atomic E-state index is 11.5. The SMILES string of the molecule is COC1=Cc2ccnc3c2[C@]1(O)C(CC(C)=O)=NC=C3. The molecular formula is C15H14N2O3. The monoisotopic (exact) mass is 270 g/mol. The van der Waals surface area contributed by atoms with Gasteiger partial charge in [-0.05, 0) is 30.7 Å². The third-order valence-electron chi connectivity index (χ3n) is 3.53. The fraction of sp³-hybridized carbons (Fsp3) is 0.267. The number of ether oxygens (including phenoxy) is 1. The van der Waals surface area contributed by atoms with Crippen molar-refractivity contribution in [3.8, 4) is 0 Å². The van der Waals surface area contributed by atoms with Gasteiger partial charge in [-0.1, -0.05) is 0 Å². The van der Waals surface area contributed by atoms with E-state index in [1.54, 1.807) is 30.6 Å². The highest BCUT2D eigenvalue weighted by atomic mass is 16.5. The Morgan fingerprint density at radius 1 is 1.50 bits per heavy atom. The van der Waals surface area contributed by atoms with Gasteiger partial charge in [0.1, 0.15) is 11.5 Å². The maximum Gasteiger partial charge on any atom is 0.188 e. The van der Waals surface area contributed by atoms with Crippen LogP contribution in [0.3, 0.4) is 0 Å². The molecule has 3 rings (SSSR count). The van der Waals surface area contributed by atoms with Crippen molar-refractivity contribution < 1.29 is 14.6 Å². The van der Waals surface area contributed by atoms with E-state index >= 15 is 0 Å². The van der Waals surface area contributed by atoms with E-state index in [2.05, 4.69) is 9.98 Å². The Morgan fingerprint density at radius 2 is 2.30 bits per heavy atom. The number of ketones is 1. The first-order valence-corrected chi connectivity index (χ1v) is 6.28. The van der Waals surface area contributed by atoms with Gasteiger partial charge in [0, 0.05) is 24.4 Å². The summed E-state index contributed by atoms with van der Waals surface area (Å²) in [5, 5.41) is 11.2. The van der Waals surface area contributed by atoms with Gasteiger partial charge in [0.2, 0.25) is 0 Å². The number of rotatable bonds is 3. The smallest absolute Gasteiger partial charge is 0.188 e. The molecule has 0 amide bonds. The average Bonchev–Trinajstić information content (AvgIpc) is 2.63. The van der Waals surface area contributed by atoms with Crippen molar-refractivity contribution in [3.63, 3.8) is 0 Å². The van der Waals surface area contributed by atoms with Gasteiger partial charge in [0.15, 0.2) is 5.60 Å². The zero-order valence-corrected chi connectivity index (χ0v) is 11.3. The van der Waals surface area contributed by atoms with E-state index in [4.69, 9.17) is 4.74 Å². The summed E-state index contributed by atoms with van der Waals surface area (Å²) in [6, 6.07) is 1.81. The molecule has 1 aliphatic carbocycles. The van der Waals surface area contributed by atoms with Crippen LogP contribution in [0.25, 0.3) is 12.2 Å². The summed E-state index contributed by atoms with van der Waals surface area (Å²) in [4.78, 5) is 20.0. The molecule has 20 heavy (non-hydrogen) atoms. The number of nitrogens with zero attached hydrogens (tertiary/aromatic N) is 2.